The Morgan fingerprint density at radius 3 is 1.65 bits per heavy atom. The van der Waals surface area contributed by atoms with Crippen LogP contribution in [0, 0.1) is 0 Å². The van der Waals surface area contributed by atoms with Gasteiger partial charge in [-0.05, 0) is 111 Å². The van der Waals surface area contributed by atoms with Crippen LogP contribution in [0.2, 0.25) is 0 Å². The Balaban J connectivity index is 0.000000175. The van der Waals surface area contributed by atoms with Gasteiger partial charge in [-0.1, -0.05) is 141 Å². The molecule has 0 radical (unpaired) electrons. The van der Waals surface area contributed by atoms with Crippen LogP contribution in [0.15, 0.2) is 152 Å². The zero-order valence-electron chi connectivity index (χ0n) is 33.9. The molecule has 0 aromatic heterocycles. The topological polar surface area (TPSA) is 61.6 Å². The number of hydrogen-bond donors (Lipinski definition) is 2. The summed E-state index contributed by atoms with van der Waals surface area (Å²) in [5.41, 5.74) is 17.0. The molecule has 0 saturated heterocycles. The Kier molecular flexibility index (Phi) is 12.8. The third kappa shape index (κ3) is 9.28. The van der Waals surface area contributed by atoms with Crippen LogP contribution in [-0.2, 0) is 37.1 Å². The second-order valence-electron chi connectivity index (χ2n) is 15.2. The molecule has 290 valence electrons. The zero-order chi connectivity index (χ0) is 39.7. The van der Waals surface area contributed by atoms with E-state index in [4.69, 9.17) is 5.73 Å². The minimum absolute atomic E-state index is 0.0212. The van der Waals surface area contributed by atoms with Gasteiger partial charge in [0.25, 0.3) is 0 Å². The highest BCUT2D eigenvalue weighted by atomic mass is 16.1. The lowest BCUT2D eigenvalue weighted by atomic mass is 9.94. The predicted octanol–water partition coefficient (Wildman–Crippen LogP) is 11.7. The standard InChI is InChI=1S/C29H28N2O.C21H22N2.C2H6/c1-21(27-13-7-11-24-10-5-6-12-28(24)27)31-17-16-23-14-15-26(19-25(23)20-31)30-29(32)18-22-8-3-2-4-9-22;1-15(20-8-4-6-17-5-2-3-7-21(17)20)23-12-11-16-9-10-19(22)13-18(16)14-23;1-2/h2-15,19,21H,16-18,20H2,1H3,(H,30,32);2-10,13,15H,11-12,14,22H2,1H3;1-2H3. The van der Waals surface area contributed by atoms with Gasteiger partial charge in [0.05, 0.1) is 6.42 Å². The number of benzene rings is 7. The first-order valence-corrected chi connectivity index (χ1v) is 20.7. The molecule has 2 aliphatic rings. The summed E-state index contributed by atoms with van der Waals surface area (Å²) in [7, 11) is 0. The van der Waals surface area contributed by atoms with E-state index in [9.17, 15) is 4.79 Å². The molecule has 0 aliphatic carbocycles. The Morgan fingerprint density at radius 1 is 0.579 bits per heavy atom. The maximum atomic E-state index is 12.5. The molecule has 5 nitrogen and oxygen atoms in total. The average Bonchev–Trinajstić information content (AvgIpc) is 3.26. The molecule has 3 N–H and O–H groups in total. The van der Waals surface area contributed by atoms with E-state index in [2.05, 4.69) is 138 Å². The maximum absolute atomic E-state index is 12.5. The highest BCUT2D eigenvalue weighted by molar-refractivity contribution is 5.92. The molecule has 0 fully saturated rings. The van der Waals surface area contributed by atoms with Gasteiger partial charge in [-0.15, -0.1) is 0 Å². The number of nitrogens with two attached hydrogens (primary N) is 1. The molecule has 2 heterocycles. The summed E-state index contributed by atoms with van der Waals surface area (Å²) in [5.74, 6) is 0.0212. The fourth-order valence-corrected chi connectivity index (χ4v) is 8.53. The van der Waals surface area contributed by atoms with Gasteiger partial charge in [-0.25, -0.2) is 0 Å². The summed E-state index contributed by atoms with van der Waals surface area (Å²) >= 11 is 0. The van der Waals surface area contributed by atoms with Gasteiger partial charge in [0.15, 0.2) is 0 Å². The second-order valence-corrected chi connectivity index (χ2v) is 15.2. The van der Waals surface area contributed by atoms with E-state index in [-0.39, 0.29) is 5.91 Å². The monoisotopic (exact) mass is 752 g/mol. The molecular formula is C52H56N4O. The molecule has 7 aromatic carbocycles. The molecule has 9 rings (SSSR count). The Morgan fingerprint density at radius 2 is 1.07 bits per heavy atom. The molecule has 2 aliphatic heterocycles. The summed E-state index contributed by atoms with van der Waals surface area (Å²) in [6, 6.07) is 53.8. The number of nitrogens with one attached hydrogen (secondary N) is 1. The lowest BCUT2D eigenvalue weighted by molar-refractivity contribution is -0.115. The van der Waals surface area contributed by atoms with Gasteiger partial charge in [0.1, 0.15) is 0 Å². The van der Waals surface area contributed by atoms with Gasteiger partial charge < -0.3 is 11.1 Å². The second kappa shape index (κ2) is 18.5. The van der Waals surface area contributed by atoms with Crippen LogP contribution in [0.25, 0.3) is 21.5 Å². The van der Waals surface area contributed by atoms with E-state index in [0.29, 0.717) is 18.5 Å². The zero-order valence-corrected chi connectivity index (χ0v) is 33.9. The highest BCUT2D eigenvalue weighted by Crippen LogP contribution is 2.34. The molecule has 57 heavy (non-hydrogen) atoms. The van der Waals surface area contributed by atoms with Crippen LogP contribution in [-0.4, -0.2) is 28.8 Å². The van der Waals surface area contributed by atoms with Crippen molar-refractivity contribution < 1.29 is 4.79 Å². The molecule has 0 spiro atoms. The van der Waals surface area contributed by atoms with Crippen LogP contribution in [0.5, 0.6) is 0 Å². The molecule has 0 bridgehead atoms. The number of hydrogen-bond acceptors (Lipinski definition) is 4. The molecule has 5 heteroatoms. The van der Waals surface area contributed by atoms with E-state index in [1.807, 2.05) is 56.3 Å². The number of carbonyl (C=O) groups is 1. The number of amides is 1. The fraction of sp³-hybridized carbons (Fsp3) is 0.250. The molecule has 1 amide bonds. The summed E-state index contributed by atoms with van der Waals surface area (Å²) in [5, 5.41) is 8.38. The largest absolute Gasteiger partial charge is 0.399 e. The van der Waals surface area contributed by atoms with Crippen molar-refractivity contribution in [3.8, 4) is 0 Å². The van der Waals surface area contributed by atoms with Crippen molar-refractivity contribution in [3.63, 3.8) is 0 Å². The van der Waals surface area contributed by atoms with Crippen molar-refractivity contribution in [1.29, 1.82) is 0 Å². The summed E-state index contributed by atoms with van der Waals surface area (Å²) in [4.78, 5) is 17.6. The van der Waals surface area contributed by atoms with Crippen molar-refractivity contribution >= 4 is 38.8 Å². The SMILES string of the molecule is CC.CC(c1cccc2ccccc12)N1CCc2ccc(N)cc2C1.CC(c1cccc2ccccc12)N1CCc2ccc(NC(=O)Cc3ccccc3)cc2C1. The predicted molar refractivity (Wildman–Crippen MR) is 240 cm³/mol. The van der Waals surface area contributed by atoms with Crippen LogP contribution >= 0.6 is 0 Å². The molecule has 2 unspecified atom stereocenters. The minimum atomic E-state index is 0.0212. The van der Waals surface area contributed by atoms with Crippen LogP contribution in [0.3, 0.4) is 0 Å². The van der Waals surface area contributed by atoms with Crippen LogP contribution < -0.4 is 11.1 Å². The van der Waals surface area contributed by atoms with Gasteiger partial charge in [-0.2, -0.15) is 0 Å². The van der Waals surface area contributed by atoms with E-state index < -0.39 is 0 Å². The van der Waals surface area contributed by atoms with Gasteiger partial charge >= 0.3 is 0 Å². The Labute approximate surface area is 339 Å². The van der Waals surface area contributed by atoms with Gasteiger partial charge in [0.2, 0.25) is 5.91 Å². The van der Waals surface area contributed by atoms with Gasteiger partial charge in [-0.3, -0.25) is 14.6 Å². The number of fused-ring (bicyclic) bond motifs is 4. The number of anilines is 2. The molecule has 0 saturated carbocycles. The Hall–Kier alpha value is -5.75. The van der Waals surface area contributed by atoms with E-state index in [1.165, 1.54) is 54.9 Å². The lowest BCUT2D eigenvalue weighted by Gasteiger charge is -2.34. The van der Waals surface area contributed by atoms with E-state index >= 15 is 0 Å². The highest BCUT2D eigenvalue weighted by Gasteiger charge is 2.24. The molecule has 7 aromatic rings. The number of rotatable bonds is 7. The van der Waals surface area contributed by atoms with Crippen LogP contribution in [0.4, 0.5) is 11.4 Å². The molecule has 2 atom stereocenters. The smallest absolute Gasteiger partial charge is 0.228 e. The van der Waals surface area contributed by atoms with Crippen molar-refractivity contribution in [1.82, 2.24) is 9.80 Å². The summed E-state index contributed by atoms with van der Waals surface area (Å²) in [6.45, 7) is 12.6. The normalized spacial score (nSPS) is 14.9. The van der Waals surface area contributed by atoms with Crippen molar-refractivity contribution in [3.05, 3.63) is 191 Å². The first kappa shape index (κ1) is 39.5. The number of nitrogen functional groups attached to an aromatic ring is 1. The summed E-state index contributed by atoms with van der Waals surface area (Å²) in [6.07, 6.45) is 2.52. The average molecular weight is 753 g/mol. The number of nitrogens with zero attached hydrogens (tertiary/aromatic N) is 2. The van der Waals surface area contributed by atoms with Crippen molar-refractivity contribution in [2.24, 2.45) is 0 Å². The first-order valence-electron chi connectivity index (χ1n) is 20.7. The quantitative estimate of drug-likeness (QED) is 0.159. The maximum Gasteiger partial charge on any atom is 0.228 e. The minimum Gasteiger partial charge on any atom is -0.399 e. The van der Waals surface area contributed by atoms with Gasteiger partial charge in [0, 0.05) is 49.6 Å². The van der Waals surface area contributed by atoms with Crippen molar-refractivity contribution in [2.45, 2.75) is 72.1 Å². The molecular weight excluding hydrogens is 697 g/mol. The third-order valence-corrected chi connectivity index (χ3v) is 11.7. The Bertz CT molecular complexity index is 2430. The van der Waals surface area contributed by atoms with Crippen LogP contribution in [0.1, 0.15) is 78.7 Å². The fourth-order valence-electron chi connectivity index (χ4n) is 8.53. The van der Waals surface area contributed by atoms with E-state index in [0.717, 1.165) is 56.0 Å². The van der Waals surface area contributed by atoms with E-state index in [1.54, 1.807) is 0 Å². The lowest BCUT2D eigenvalue weighted by Crippen LogP contribution is -2.33. The number of carbonyl (C=O) groups excluding carboxylic acids is 1. The van der Waals surface area contributed by atoms with Crippen molar-refractivity contribution in [2.75, 3.05) is 24.1 Å². The summed E-state index contributed by atoms with van der Waals surface area (Å²) < 4.78 is 0. The third-order valence-electron chi connectivity index (χ3n) is 11.7. The first-order chi connectivity index (χ1) is 27.9.